The number of hydrogen-bond donors (Lipinski definition) is 3. The van der Waals surface area contributed by atoms with Gasteiger partial charge in [0.05, 0.1) is 4.90 Å². The molecule has 8 heteroatoms. The largest absolute Gasteiger partial charge is 0.348 e. The van der Waals surface area contributed by atoms with Gasteiger partial charge in [-0.15, -0.1) is 12.4 Å². The van der Waals surface area contributed by atoms with Gasteiger partial charge < -0.3 is 10.6 Å². The number of hydrogen-bond acceptors (Lipinski definition) is 4. The lowest BCUT2D eigenvalue weighted by atomic mass is 10.1. The lowest BCUT2D eigenvalue weighted by molar-refractivity contribution is 0.0956. The molecule has 2 aliphatic rings. The minimum absolute atomic E-state index is 0. The van der Waals surface area contributed by atoms with Crippen molar-refractivity contribution in [2.24, 2.45) is 5.92 Å². The molecule has 1 fully saturated rings. The molecule has 1 aromatic rings. The van der Waals surface area contributed by atoms with Crippen molar-refractivity contribution in [3.05, 3.63) is 41.5 Å². The second-order valence-electron chi connectivity index (χ2n) is 6.32. The topological polar surface area (TPSA) is 87.3 Å². The number of carbonyl (C=O) groups is 1. The van der Waals surface area contributed by atoms with E-state index in [0.717, 1.165) is 32.4 Å². The Morgan fingerprint density at radius 2 is 2.08 bits per heavy atom. The molecule has 0 spiro atoms. The van der Waals surface area contributed by atoms with Crippen molar-refractivity contribution < 1.29 is 13.2 Å². The van der Waals surface area contributed by atoms with Gasteiger partial charge in [0.25, 0.3) is 5.91 Å². The van der Waals surface area contributed by atoms with Crippen LogP contribution in [0.25, 0.3) is 0 Å². The smallest absolute Gasteiger partial charge is 0.251 e. The van der Waals surface area contributed by atoms with E-state index in [9.17, 15) is 13.2 Å². The Balaban J connectivity index is 0.00000225. The van der Waals surface area contributed by atoms with Gasteiger partial charge in [0.2, 0.25) is 10.0 Å². The second-order valence-corrected chi connectivity index (χ2v) is 8.09. The van der Waals surface area contributed by atoms with Crippen LogP contribution in [0, 0.1) is 5.92 Å². The van der Waals surface area contributed by atoms with Crippen LogP contribution in [0.3, 0.4) is 0 Å². The third-order valence-corrected chi connectivity index (χ3v) is 5.72. The molecule has 25 heavy (non-hydrogen) atoms. The lowest BCUT2D eigenvalue weighted by Gasteiger charge is -2.14. The van der Waals surface area contributed by atoms with Crippen molar-refractivity contribution in [3.8, 4) is 0 Å². The summed E-state index contributed by atoms with van der Waals surface area (Å²) in [6.07, 6.45) is 5.15. The van der Waals surface area contributed by atoms with E-state index in [1.54, 1.807) is 12.1 Å². The normalized spacial score (nSPS) is 17.4. The molecule has 0 radical (unpaired) electrons. The van der Waals surface area contributed by atoms with Gasteiger partial charge in [-0.25, -0.2) is 13.1 Å². The maximum Gasteiger partial charge on any atom is 0.251 e. The Bertz CT molecular complexity index is 745. The molecule has 3 rings (SSSR count). The van der Waals surface area contributed by atoms with E-state index < -0.39 is 10.0 Å². The van der Waals surface area contributed by atoms with Crippen molar-refractivity contribution in [2.75, 3.05) is 26.2 Å². The van der Waals surface area contributed by atoms with Crippen LogP contribution in [0.5, 0.6) is 0 Å². The van der Waals surface area contributed by atoms with Crippen LogP contribution in [0.15, 0.2) is 40.8 Å². The molecule has 138 valence electrons. The average Bonchev–Trinajstić information content (AvgIpc) is 3.43. The van der Waals surface area contributed by atoms with Crippen LogP contribution in [-0.2, 0) is 10.0 Å². The highest BCUT2D eigenvalue weighted by atomic mass is 35.5. The van der Waals surface area contributed by atoms with Crippen LogP contribution in [0.2, 0.25) is 0 Å². The van der Waals surface area contributed by atoms with Gasteiger partial charge in [-0.2, -0.15) is 0 Å². The number of amides is 1. The summed E-state index contributed by atoms with van der Waals surface area (Å²) in [5, 5.41) is 6.08. The molecule has 1 aliphatic heterocycles. The fourth-order valence-electron chi connectivity index (χ4n) is 2.56. The third-order valence-electron chi connectivity index (χ3n) is 4.30. The summed E-state index contributed by atoms with van der Waals surface area (Å²) in [4.78, 5) is 12.4. The summed E-state index contributed by atoms with van der Waals surface area (Å²) in [5.74, 6) is 0.207. The highest BCUT2D eigenvalue weighted by molar-refractivity contribution is 7.89. The fourth-order valence-corrected chi connectivity index (χ4v) is 3.72. The summed E-state index contributed by atoms with van der Waals surface area (Å²) in [7, 11) is -3.56. The molecule has 0 aromatic heterocycles. The summed E-state index contributed by atoms with van der Waals surface area (Å²) >= 11 is 0. The maximum atomic E-state index is 12.3. The zero-order chi connectivity index (χ0) is 17.0. The first-order valence-electron chi connectivity index (χ1n) is 8.31. The summed E-state index contributed by atoms with van der Waals surface area (Å²) in [5.41, 5.74) is 1.55. The van der Waals surface area contributed by atoms with Gasteiger partial charge in [0.1, 0.15) is 0 Å². The maximum absolute atomic E-state index is 12.3. The van der Waals surface area contributed by atoms with Crippen LogP contribution < -0.4 is 15.4 Å². The quantitative estimate of drug-likeness (QED) is 0.620. The minimum Gasteiger partial charge on any atom is -0.348 e. The van der Waals surface area contributed by atoms with Gasteiger partial charge in [0.15, 0.2) is 0 Å². The zero-order valence-corrected chi connectivity index (χ0v) is 15.6. The molecule has 1 saturated carbocycles. The summed E-state index contributed by atoms with van der Waals surface area (Å²) in [6, 6.07) is 6.18. The number of rotatable bonds is 7. The summed E-state index contributed by atoms with van der Waals surface area (Å²) in [6.45, 7) is 2.71. The van der Waals surface area contributed by atoms with Gasteiger partial charge in [0, 0.05) is 25.2 Å². The van der Waals surface area contributed by atoms with E-state index in [-0.39, 0.29) is 23.2 Å². The average molecular weight is 386 g/mol. The van der Waals surface area contributed by atoms with E-state index in [1.165, 1.54) is 17.7 Å². The van der Waals surface area contributed by atoms with Crippen molar-refractivity contribution in [2.45, 2.75) is 24.2 Å². The molecule has 1 heterocycles. The third kappa shape index (κ3) is 5.81. The monoisotopic (exact) mass is 385 g/mol. The van der Waals surface area contributed by atoms with Crippen molar-refractivity contribution >= 4 is 28.3 Å². The number of nitrogens with one attached hydrogen (secondary N) is 3. The van der Waals surface area contributed by atoms with Crippen LogP contribution in [-0.4, -0.2) is 40.5 Å². The van der Waals surface area contributed by atoms with Gasteiger partial charge >= 0.3 is 0 Å². The van der Waals surface area contributed by atoms with Crippen molar-refractivity contribution in [1.29, 1.82) is 0 Å². The van der Waals surface area contributed by atoms with Crippen LogP contribution >= 0.6 is 12.4 Å². The highest BCUT2D eigenvalue weighted by Crippen LogP contribution is 2.28. The minimum atomic E-state index is -3.56. The molecular formula is C17H24ClN3O3S. The van der Waals surface area contributed by atoms with Crippen LogP contribution in [0.1, 0.15) is 29.6 Å². The van der Waals surface area contributed by atoms with Gasteiger partial charge in [-0.1, -0.05) is 17.7 Å². The van der Waals surface area contributed by atoms with Crippen molar-refractivity contribution in [3.63, 3.8) is 0 Å². The lowest BCUT2D eigenvalue weighted by Crippen LogP contribution is -2.30. The van der Waals surface area contributed by atoms with E-state index in [1.807, 2.05) is 0 Å². The number of halogens is 1. The first-order chi connectivity index (χ1) is 11.5. The van der Waals surface area contributed by atoms with Gasteiger partial charge in [-0.3, -0.25) is 4.79 Å². The molecule has 1 aliphatic carbocycles. The predicted octanol–water partition coefficient (Wildman–Crippen LogP) is 1.45. The predicted molar refractivity (Wildman–Crippen MR) is 99.5 cm³/mol. The Morgan fingerprint density at radius 1 is 1.28 bits per heavy atom. The number of carbonyl (C=O) groups excluding carboxylic acids is 1. The van der Waals surface area contributed by atoms with Crippen LogP contribution in [0.4, 0.5) is 0 Å². The SMILES string of the molecule is Cl.O=C(NCC1=CCNCC1)c1cccc(S(=O)(=O)NCC2CC2)c1. The van der Waals surface area contributed by atoms with E-state index in [2.05, 4.69) is 21.4 Å². The Labute approximate surface area is 154 Å². The first kappa shape index (κ1) is 19.9. The fraction of sp³-hybridized carbons (Fsp3) is 0.471. The van der Waals surface area contributed by atoms with Gasteiger partial charge in [-0.05, 0) is 49.9 Å². The standard InChI is InChI=1S/C17H23N3O3S.ClH/c21-17(19-11-14-6-8-18-9-7-14)15-2-1-3-16(10-15)24(22,23)20-12-13-4-5-13;/h1-3,6,10,13,18,20H,4-5,7-9,11-12H2,(H,19,21);1H. The number of sulfonamides is 1. The van der Waals surface area contributed by atoms with Crippen molar-refractivity contribution in [1.82, 2.24) is 15.4 Å². The molecular weight excluding hydrogens is 362 g/mol. The molecule has 6 nitrogen and oxygen atoms in total. The molecule has 0 atom stereocenters. The molecule has 1 amide bonds. The highest BCUT2D eigenvalue weighted by Gasteiger charge is 2.24. The zero-order valence-electron chi connectivity index (χ0n) is 14.0. The molecule has 3 N–H and O–H groups in total. The Morgan fingerprint density at radius 3 is 2.76 bits per heavy atom. The van der Waals surface area contributed by atoms with E-state index >= 15 is 0 Å². The van der Waals surface area contributed by atoms with E-state index in [4.69, 9.17) is 0 Å². The Hall–Kier alpha value is -1.41. The molecule has 1 aromatic carbocycles. The molecule has 0 unspecified atom stereocenters. The number of benzene rings is 1. The van der Waals surface area contributed by atoms with E-state index in [0.29, 0.717) is 24.6 Å². The first-order valence-corrected chi connectivity index (χ1v) is 9.79. The molecule has 0 bridgehead atoms. The second kappa shape index (κ2) is 8.80. The summed E-state index contributed by atoms with van der Waals surface area (Å²) < 4.78 is 27.2. The Kier molecular flexibility index (Phi) is 7.01. The molecule has 0 saturated heterocycles.